The quantitative estimate of drug-likeness (QED) is 0.343. The van der Waals surface area contributed by atoms with Crippen molar-refractivity contribution < 1.29 is 14.6 Å². The molecule has 5 rings (SSSR count). The third kappa shape index (κ3) is 4.63. The highest BCUT2D eigenvalue weighted by Gasteiger charge is 2.26. The monoisotopic (exact) mass is 472 g/mol. The highest BCUT2D eigenvalue weighted by molar-refractivity contribution is 7.98. The Bertz CT molecular complexity index is 1310. The number of phenolic OH excluding ortho intramolecular Hbond substituents is 1. The van der Waals surface area contributed by atoms with Gasteiger partial charge in [0.05, 0.1) is 6.61 Å². The van der Waals surface area contributed by atoms with Gasteiger partial charge in [-0.05, 0) is 43.7 Å². The molecule has 0 saturated heterocycles. The van der Waals surface area contributed by atoms with E-state index >= 15 is 0 Å². The molecule has 34 heavy (non-hydrogen) atoms. The van der Waals surface area contributed by atoms with Crippen LogP contribution < -0.4 is 14.8 Å². The Labute approximate surface area is 202 Å². The molecule has 7 nitrogen and oxygen atoms in total. The van der Waals surface area contributed by atoms with Crippen LogP contribution in [0.25, 0.3) is 11.3 Å². The number of hydrogen-bond acceptors (Lipinski definition) is 8. The summed E-state index contributed by atoms with van der Waals surface area (Å²) >= 11 is 1.51. The minimum absolute atomic E-state index is 0.0822. The lowest BCUT2D eigenvalue weighted by molar-refractivity contribution is 0.224. The molecule has 0 saturated carbocycles. The Morgan fingerprint density at radius 1 is 1.06 bits per heavy atom. The third-order valence-corrected chi connectivity index (χ3v) is 6.32. The second-order valence-electron chi connectivity index (χ2n) is 7.87. The normalized spacial score (nSPS) is 14.2. The van der Waals surface area contributed by atoms with Gasteiger partial charge in [-0.15, -0.1) is 10.2 Å². The van der Waals surface area contributed by atoms with Gasteiger partial charge in [0.2, 0.25) is 11.0 Å². The summed E-state index contributed by atoms with van der Waals surface area (Å²) in [6, 6.07) is 21.4. The van der Waals surface area contributed by atoms with E-state index in [9.17, 15) is 5.11 Å². The summed E-state index contributed by atoms with van der Waals surface area (Å²) in [7, 11) is 0. The van der Waals surface area contributed by atoms with Crippen LogP contribution in [0.15, 0.2) is 71.9 Å². The fourth-order valence-electron chi connectivity index (χ4n) is 3.66. The smallest absolute Gasteiger partial charge is 0.247 e. The van der Waals surface area contributed by atoms with Crippen molar-refractivity contribution in [3.8, 4) is 28.6 Å². The molecular formula is C26H24N4O3S. The first-order chi connectivity index (χ1) is 16.6. The predicted molar refractivity (Wildman–Crippen MR) is 132 cm³/mol. The first-order valence-electron chi connectivity index (χ1n) is 11.0. The Kier molecular flexibility index (Phi) is 6.22. The molecular weight excluding hydrogens is 448 g/mol. The number of phenols is 1. The molecule has 2 heterocycles. The second-order valence-corrected chi connectivity index (χ2v) is 8.81. The van der Waals surface area contributed by atoms with Crippen molar-refractivity contribution in [2.24, 2.45) is 0 Å². The van der Waals surface area contributed by atoms with E-state index in [0.717, 1.165) is 22.6 Å². The van der Waals surface area contributed by atoms with E-state index < -0.39 is 6.23 Å². The number of aryl methyl sites for hydroxylation is 1. The maximum Gasteiger partial charge on any atom is 0.247 e. The number of fused-ring (bicyclic) bond motifs is 3. The molecule has 4 aromatic rings. The van der Waals surface area contributed by atoms with Crippen LogP contribution in [-0.4, -0.2) is 26.9 Å². The summed E-state index contributed by atoms with van der Waals surface area (Å²) in [6.07, 6.45) is -0.561. The Morgan fingerprint density at radius 3 is 2.71 bits per heavy atom. The van der Waals surface area contributed by atoms with E-state index in [1.165, 1.54) is 22.9 Å². The number of anilines is 1. The molecule has 0 unspecified atom stereocenters. The second kappa shape index (κ2) is 9.61. The van der Waals surface area contributed by atoms with Crippen LogP contribution in [-0.2, 0) is 5.75 Å². The molecule has 0 spiro atoms. The molecule has 172 valence electrons. The zero-order valence-corrected chi connectivity index (χ0v) is 19.7. The van der Waals surface area contributed by atoms with E-state index in [1.54, 1.807) is 18.2 Å². The third-order valence-electron chi connectivity index (χ3n) is 5.41. The van der Waals surface area contributed by atoms with Crippen LogP contribution in [0.5, 0.6) is 17.4 Å². The van der Waals surface area contributed by atoms with Gasteiger partial charge in [-0.1, -0.05) is 59.8 Å². The maximum atomic E-state index is 10.1. The average molecular weight is 473 g/mol. The van der Waals surface area contributed by atoms with Gasteiger partial charge in [0.25, 0.3) is 0 Å². The van der Waals surface area contributed by atoms with Crippen LogP contribution >= 0.6 is 11.8 Å². The number of nitrogens with zero attached hydrogens (tertiary/aromatic N) is 3. The van der Waals surface area contributed by atoms with E-state index in [-0.39, 0.29) is 5.75 Å². The Hall–Kier alpha value is -3.78. The lowest BCUT2D eigenvalue weighted by atomic mass is 10.1. The minimum Gasteiger partial charge on any atom is -0.504 e. The lowest BCUT2D eigenvalue weighted by Gasteiger charge is -2.20. The number of rotatable bonds is 6. The summed E-state index contributed by atoms with van der Waals surface area (Å²) in [5.41, 5.74) is 5.49. The number of benzene rings is 3. The number of nitrogens with one attached hydrogen (secondary N) is 1. The predicted octanol–water partition coefficient (Wildman–Crippen LogP) is 5.75. The van der Waals surface area contributed by atoms with Crippen LogP contribution in [0.4, 0.5) is 5.69 Å². The zero-order valence-electron chi connectivity index (χ0n) is 18.9. The van der Waals surface area contributed by atoms with Crippen molar-refractivity contribution in [3.05, 3.63) is 83.4 Å². The van der Waals surface area contributed by atoms with Gasteiger partial charge in [-0.3, -0.25) is 0 Å². The molecule has 0 bridgehead atoms. The SMILES string of the molecule is CCOc1cc([C@@H]2Nc3ccccc3-c3nnc(SCc4ccc(C)cc4)nc3O2)ccc1O. The summed E-state index contributed by atoms with van der Waals surface area (Å²) < 4.78 is 11.9. The summed E-state index contributed by atoms with van der Waals surface area (Å²) in [6.45, 7) is 4.39. The van der Waals surface area contributed by atoms with Gasteiger partial charge in [-0.25, -0.2) is 0 Å². The summed E-state index contributed by atoms with van der Waals surface area (Å²) in [5.74, 6) is 1.61. The van der Waals surface area contributed by atoms with Crippen molar-refractivity contribution in [2.45, 2.75) is 31.0 Å². The molecule has 0 fully saturated rings. The zero-order chi connectivity index (χ0) is 23.5. The Balaban J connectivity index is 1.48. The van der Waals surface area contributed by atoms with Crippen LogP contribution in [0.1, 0.15) is 29.8 Å². The highest BCUT2D eigenvalue weighted by atomic mass is 32.2. The number of hydrogen-bond donors (Lipinski definition) is 2. The van der Waals surface area contributed by atoms with Crippen molar-refractivity contribution >= 4 is 17.4 Å². The van der Waals surface area contributed by atoms with E-state index in [2.05, 4.69) is 46.7 Å². The molecule has 1 aliphatic heterocycles. The molecule has 2 N–H and O–H groups in total. The van der Waals surface area contributed by atoms with E-state index in [1.807, 2.05) is 31.2 Å². The van der Waals surface area contributed by atoms with Gasteiger partial charge in [0.1, 0.15) is 0 Å². The van der Waals surface area contributed by atoms with Crippen LogP contribution in [0.3, 0.4) is 0 Å². The topological polar surface area (TPSA) is 89.4 Å². The minimum atomic E-state index is -0.561. The summed E-state index contributed by atoms with van der Waals surface area (Å²) in [4.78, 5) is 4.70. The van der Waals surface area contributed by atoms with E-state index in [4.69, 9.17) is 14.5 Å². The molecule has 1 aromatic heterocycles. The first-order valence-corrected chi connectivity index (χ1v) is 12.0. The molecule has 1 atom stereocenters. The van der Waals surface area contributed by atoms with E-state index in [0.29, 0.717) is 29.1 Å². The fraction of sp³-hybridized carbons (Fsp3) is 0.192. The highest BCUT2D eigenvalue weighted by Crippen LogP contribution is 2.40. The van der Waals surface area contributed by atoms with Gasteiger partial charge < -0.3 is 19.9 Å². The number of ether oxygens (including phenoxy) is 2. The number of aromatic nitrogens is 3. The van der Waals surface area contributed by atoms with Gasteiger partial charge in [-0.2, -0.15) is 4.98 Å². The number of aromatic hydroxyl groups is 1. The number of para-hydroxylation sites is 1. The molecule has 8 heteroatoms. The standard InChI is InChI=1S/C26H24N4O3S/c1-3-32-22-14-18(12-13-21(22)31)24-27-20-7-5-4-6-19(20)23-25(33-24)28-26(30-29-23)34-15-17-10-8-16(2)9-11-17/h4-14,24,27,31H,3,15H2,1-2H3/t24-/m1/s1. The maximum absolute atomic E-state index is 10.1. The largest absolute Gasteiger partial charge is 0.504 e. The van der Waals surface area contributed by atoms with Crippen LogP contribution in [0, 0.1) is 6.92 Å². The average Bonchev–Trinajstić information content (AvgIpc) is 3.02. The summed E-state index contributed by atoms with van der Waals surface area (Å²) in [5, 5.41) is 22.9. The Morgan fingerprint density at radius 2 is 1.88 bits per heavy atom. The fourth-order valence-corrected chi connectivity index (χ4v) is 4.39. The van der Waals surface area contributed by atoms with Crippen molar-refractivity contribution in [3.63, 3.8) is 0 Å². The van der Waals surface area contributed by atoms with Gasteiger partial charge >= 0.3 is 0 Å². The molecule has 0 radical (unpaired) electrons. The van der Waals surface area contributed by atoms with Crippen molar-refractivity contribution in [1.82, 2.24) is 15.2 Å². The van der Waals surface area contributed by atoms with Gasteiger partial charge in [0.15, 0.2) is 23.4 Å². The van der Waals surface area contributed by atoms with Crippen molar-refractivity contribution in [1.29, 1.82) is 0 Å². The van der Waals surface area contributed by atoms with Crippen LogP contribution in [0.2, 0.25) is 0 Å². The molecule has 0 aliphatic carbocycles. The molecule has 0 amide bonds. The number of thioether (sulfide) groups is 1. The molecule has 3 aromatic carbocycles. The van der Waals surface area contributed by atoms with Gasteiger partial charge in [0, 0.05) is 22.6 Å². The lowest BCUT2D eigenvalue weighted by Crippen LogP contribution is -2.17. The first kappa shape index (κ1) is 22.0. The molecule has 1 aliphatic rings. The van der Waals surface area contributed by atoms with Crippen molar-refractivity contribution in [2.75, 3.05) is 11.9 Å².